The molecule has 1 aliphatic rings. The number of carbonyl (C=O) groups is 2. The predicted molar refractivity (Wildman–Crippen MR) is 117 cm³/mol. The Hall–Kier alpha value is -3.36. The molecule has 1 aliphatic heterocycles. The molecule has 3 aromatic rings. The number of amides is 1. The standard InChI is InChI=1S/C23H26FN5O3/c1-4-11-32-23(31)28-9-7-16(8-10-28)29-21-13-25-19(12-20(21)26-27-29)17-5-6-18(15(3)30)22(24)14(17)2/h5-6,12-13,16H,4,7-11H2,1-3H3. The Morgan fingerprint density at radius 1 is 1.25 bits per heavy atom. The van der Waals surface area contributed by atoms with Crippen LogP contribution in [0.1, 0.15) is 55.1 Å². The average Bonchev–Trinajstić information content (AvgIpc) is 3.22. The Morgan fingerprint density at radius 2 is 2.00 bits per heavy atom. The van der Waals surface area contributed by atoms with Crippen molar-refractivity contribution in [3.05, 3.63) is 41.3 Å². The molecule has 9 heteroatoms. The van der Waals surface area contributed by atoms with Gasteiger partial charge < -0.3 is 9.64 Å². The summed E-state index contributed by atoms with van der Waals surface area (Å²) in [5, 5.41) is 8.62. The third kappa shape index (κ3) is 4.06. The largest absolute Gasteiger partial charge is 0.449 e. The lowest BCUT2D eigenvalue weighted by atomic mass is 9.99. The molecule has 0 spiro atoms. The number of hydrogen-bond acceptors (Lipinski definition) is 6. The normalized spacial score (nSPS) is 14.7. The van der Waals surface area contributed by atoms with Gasteiger partial charge in [0.1, 0.15) is 16.9 Å². The van der Waals surface area contributed by atoms with Gasteiger partial charge in [-0.15, -0.1) is 5.10 Å². The molecule has 3 heterocycles. The van der Waals surface area contributed by atoms with Gasteiger partial charge in [-0.25, -0.2) is 13.9 Å². The summed E-state index contributed by atoms with van der Waals surface area (Å²) >= 11 is 0. The number of aromatic nitrogens is 4. The number of carbonyl (C=O) groups excluding carboxylic acids is 2. The van der Waals surface area contributed by atoms with Crippen molar-refractivity contribution < 1.29 is 18.7 Å². The van der Waals surface area contributed by atoms with E-state index in [0.717, 1.165) is 24.8 Å². The van der Waals surface area contributed by atoms with Crippen LogP contribution in [0, 0.1) is 12.7 Å². The fraction of sp³-hybridized carbons (Fsp3) is 0.435. The summed E-state index contributed by atoms with van der Waals surface area (Å²) in [5.74, 6) is -0.835. The number of hydrogen-bond donors (Lipinski definition) is 0. The molecule has 8 nitrogen and oxygen atoms in total. The topological polar surface area (TPSA) is 90.2 Å². The molecule has 4 rings (SSSR count). The molecule has 0 N–H and O–H groups in total. The minimum Gasteiger partial charge on any atom is -0.449 e. The molecule has 1 aromatic carbocycles. The fourth-order valence-corrected chi connectivity index (χ4v) is 4.06. The number of benzene rings is 1. The first-order chi connectivity index (χ1) is 15.4. The molecule has 0 bridgehead atoms. The fourth-order valence-electron chi connectivity index (χ4n) is 4.06. The summed E-state index contributed by atoms with van der Waals surface area (Å²) in [6.45, 7) is 6.58. The van der Waals surface area contributed by atoms with Crippen LogP contribution in [-0.4, -0.2) is 56.5 Å². The third-order valence-electron chi connectivity index (χ3n) is 5.90. The number of fused-ring (bicyclic) bond motifs is 1. The number of piperidine rings is 1. The van der Waals surface area contributed by atoms with Gasteiger partial charge in [-0.3, -0.25) is 9.78 Å². The second-order valence-electron chi connectivity index (χ2n) is 8.08. The minimum atomic E-state index is -0.523. The molecule has 0 atom stereocenters. The van der Waals surface area contributed by atoms with Crippen molar-refractivity contribution in [2.45, 2.75) is 46.1 Å². The first kappa shape index (κ1) is 21.9. The zero-order valence-corrected chi connectivity index (χ0v) is 18.5. The predicted octanol–water partition coefficient (Wildman–Crippen LogP) is 4.33. The molecule has 2 aromatic heterocycles. The van der Waals surface area contributed by atoms with E-state index in [4.69, 9.17) is 4.74 Å². The van der Waals surface area contributed by atoms with Crippen LogP contribution in [0.15, 0.2) is 24.4 Å². The Morgan fingerprint density at radius 3 is 2.69 bits per heavy atom. The number of nitrogens with zero attached hydrogens (tertiary/aromatic N) is 5. The Kier molecular flexibility index (Phi) is 6.16. The van der Waals surface area contributed by atoms with E-state index in [0.29, 0.717) is 42.0 Å². The lowest BCUT2D eigenvalue weighted by Crippen LogP contribution is -2.39. The lowest BCUT2D eigenvalue weighted by Gasteiger charge is -2.31. The number of rotatable bonds is 5. The zero-order chi connectivity index (χ0) is 22.8. The van der Waals surface area contributed by atoms with Crippen molar-refractivity contribution in [2.24, 2.45) is 0 Å². The van der Waals surface area contributed by atoms with Crippen molar-refractivity contribution in [3.8, 4) is 11.3 Å². The quantitative estimate of drug-likeness (QED) is 0.550. The van der Waals surface area contributed by atoms with E-state index in [1.165, 1.54) is 13.0 Å². The highest BCUT2D eigenvalue weighted by atomic mass is 19.1. The van der Waals surface area contributed by atoms with E-state index in [1.807, 2.05) is 11.6 Å². The SMILES string of the molecule is CCCOC(=O)N1CCC(n2nnc3cc(-c4ccc(C(C)=O)c(F)c4C)ncc32)CC1. The maximum absolute atomic E-state index is 14.6. The first-order valence-corrected chi connectivity index (χ1v) is 10.8. The van der Waals surface area contributed by atoms with Crippen LogP contribution in [0.5, 0.6) is 0 Å². The molecular formula is C23H26FN5O3. The molecule has 0 radical (unpaired) electrons. The van der Waals surface area contributed by atoms with E-state index < -0.39 is 5.82 Å². The first-order valence-electron chi connectivity index (χ1n) is 10.8. The Labute approximate surface area is 185 Å². The molecule has 168 valence electrons. The number of likely N-dealkylation sites (tertiary alicyclic amines) is 1. The van der Waals surface area contributed by atoms with Crippen molar-refractivity contribution in [1.29, 1.82) is 0 Å². The summed E-state index contributed by atoms with van der Waals surface area (Å²) in [7, 11) is 0. The molecule has 0 saturated carbocycles. The number of ketones is 1. The number of Topliss-reactive ketones (excluding diaryl/α,β-unsaturated/α-hetero) is 1. The monoisotopic (exact) mass is 439 g/mol. The zero-order valence-electron chi connectivity index (χ0n) is 18.5. The summed E-state index contributed by atoms with van der Waals surface area (Å²) in [4.78, 5) is 29.9. The van der Waals surface area contributed by atoms with E-state index in [2.05, 4.69) is 15.3 Å². The average molecular weight is 439 g/mol. The van der Waals surface area contributed by atoms with Crippen molar-refractivity contribution in [1.82, 2.24) is 24.9 Å². The Balaban J connectivity index is 1.54. The summed E-state index contributed by atoms with van der Waals surface area (Å²) in [6.07, 6.45) is 3.73. The van der Waals surface area contributed by atoms with Crippen LogP contribution in [0.2, 0.25) is 0 Å². The van der Waals surface area contributed by atoms with Crippen LogP contribution in [-0.2, 0) is 4.74 Å². The molecule has 0 aliphatic carbocycles. The Bertz CT molecular complexity index is 1170. The highest BCUT2D eigenvalue weighted by Gasteiger charge is 2.26. The second kappa shape index (κ2) is 9.02. The van der Waals surface area contributed by atoms with Crippen molar-refractivity contribution in [3.63, 3.8) is 0 Å². The van der Waals surface area contributed by atoms with E-state index in [9.17, 15) is 14.0 Å². The molecule has 32 heavy (non-hydrogen) atoms. The third-order valence-corrected chi connectivity index (χ3v) is 5.90. The smallest absolute Gasteiger partial charge is 0.409 e. The summed E-state index contributed by atoms with van der Waals surface area (Å²) in [6, 6.07) is 5.09. The number of pyridine rings is 1. The van der Waals surface area contributed by atoms with E-state index in [-0.39, 0.29) is 23.5 Å². The molecule has 1 saturated heterocycles. The molecule has 0 unspecified atom stereocenters. The van der Waals surface area contributed by atoms with Crippen LogP contribution < -0.4 is 0 Å². The highest BCUT2D eigenvalue weighted by molar-refractivity contribution is 5.95. The molecule has 1 amide bonds. The van der Waals surface area contributed by atoms with Gasteiger partial charge in [-0.1, -0.05) is 18.2 Å². The molecular weight excluding hydrogens is 413 g/mol. The minimum absolute atomic E-state index is 0.0724. The van der Waals surface area contributed by atoms with Gasteiger partial charge >= 0.3 is 6.09 Å². The molecule has 1 fully saturated rings. The van der Waals surface area contributed by atoms with Gasteiger partial charge in [0.05, 0.1) is 30.1 Å². The number of ether oxygens (including phenoxy) is 1. The second-order valence-corrected chi connectivity index (χ2v) is 8.08. The van der Waals surface area contributed by atoms with Gasteiger partial charge in [-0.05, 0) is 50.8 Å². The van der Waals surface area contributed by atoms with Gasteiger partial charge in [0.15, 0.2) is 5.78 Å². The maximum atomic E-state index is 14.6. The van der Waals surface area contributed by atoms with E-state index in [1.54, 1.807) is 30.2 Å². The maximum Gasteiger partial charge on any atom is 0.409 e. The van der Waals surface area contributed by atoms with Gasteiger partial charge in [-0.2, -0.15) is 0 Å². The van der Waals surface area contributed by atoms with Crippen molar-refractivity contribution in [2.75, 3.05) is 19.7 Å². The lowest BCUT2D eigenvalue weighted by molar-refractivity contribution is 0.0877. The number of halogens is 1. The van der Waals surface area contributed by atoms with Gasteiger partial charge in [0.2, 0.25) is 0 Å². The summed E-state index contributed by atoms with van der Waals surface area (Å²) in [5.41, 5.74) is 3.09. The van der Waals surface area contributed by atoms with Crippen LogP contribution in [0.4, 0.5) is 9.18 Å². The van der Waals surface area contributed by atoms with Crippen molar-refractivity contribution >= 4 is 22.9 Å². The van der Waals surface area contributed by atoms with E-state index >= 15 is 0 Å². The van der Waals surface area contributed by atoms with Crippen LogP contribution in [0.3, 0.4) is 0 Å². The highest BCUT2D eigenvalue weighted by Crippen LogP contribution is 2.30. The van der Waals surface area contributed by atoms with Gasteiger partial charge in [0, 0.05) is 18.7 Å². The summed E-state index contributed by atoms with van der Waals surface area (Å²) < 4.78 is 21.7. The van der Waals surface area contributed by atoms with Crippen LogP contribution >= 0.6 is 0 Å². The van der Waals surface area contributed by atoms with Crippen LogP contribution in [0.25, 0.3) is 22.3 Å². The van der Waals surface area contributed by atoms with Gasteiger partial charge in [0.25, 0.3) is 0 Å².